The fourth-order valence-corrected chi connectivity index (χ4v) is 3.44. The topological polar surface area (TPSA) is 62.7 Å². The number of aromatic nitrogens is 1. The lowest BCUT2D eigenvalue weighted by Gasteiger charge is -2.36. The van der Waals surface area contributed by atoms with Crippen LogP contribution in [0.5, 0.6) is 0 Å². The Morgan fingerprint density at radius 3 is 2.71 bits per heavy atom. The smallest absolute Gasteiger partial charge is 0.358 e. The predicted molar refractivity (Wildman–Crippen MR) is 80.9 cm³/mol. The molecular weight excluding hydrogens is 290 g/mol. The number of likely N-dealkylation sites (N-methyl/N-ethyl adjacent to an activating group) is 2. The summed E-state index contributed by atoms with van der Waals surface area (Å²) in [5, 5.41) is 0.803. The molecule has 6 nitrogen and oxygen atoms in total. The van der Waals surface area contributed by atoms with E-state index in [9.17, 15) is 9.59 Å². The normalized spacial score (nSPS) is 20.5. The van der Waals surface area contributed by atoms with Crippen molar-refractivity contribution in [2.24, 2.45) is 0 Å². The molecule has 2 heterocycles. The molecule has 1 atom stereocenters. The van der Waals surface area contributed by atoms with Crippen LogP contribution in [0.4, 0.5) is 0 Å². The number of ether oxygens (including phenoxy) is 1. The van der Waals surface area contributed by atoms with Crippen molar-refractivity contribution in [2.45, 2.75) is 19.9 Å². The van der Waals surface area contributed by atoms with Crippen molar-refractivity contribution in [3.05, 3.63) is 15.6 Å². The highest BCUT2D eigenvalue weighted by molar-refractivity contribution is 7.14. The van der Waals surface area contributed by atoms with Gasteiger partial charge in [0.2, 0.25) is 0 Å². The molecule has 1 fully saturated rings. The molecule has 0 N–H and O–H groups in total. The summed E-state index contributed by atoms with van der Waals surface area (Å²) in [6.07, 6.45) is 0. The van der Waals surface area contributed by atoms with Gasteiger partial charge < -0.3 is 9.64 Å². The molecule has 0 aliphatic carbocycles. The summed E-state index contributed by atoms with van der Waals surface area (Å²) in [5.41, 5.74) is 0.158. The van der Waals surface area contributed by atoms with Gasteiger partial charge in [0.1, 0.15) is 9.88 Å². The lowest BCUT2D eigenvalue weighted by molar-refractivity contribution is 0.0516. The second-order valence-electron chi connectivity index (χ2n) is 5.27. The monoisotopic (exact) mass is 311 g/mol. The van der Waals surface area contributed by atoms with Crippen LogP contribution in [0, 0.1) is 0 Å². The van der Waals surface area contributed by atoms with Gasteiger partial charge in [-0.25, -0.2) is 9.78 Å². The van der Waals surface area contributed by atoms with Crippen molar-refractivity contribution in [3.63, 3.8) is 0 Å². The van der Waals surface area contributed by atoms with Gasteiger partial charge in [0, 0.05) is 26.6 Å². The minimum absolute atomic E-state index is 0.107. The first kappa shape index (κ1) is 16.1. The summed E-state index contributed by atoms with van der Waals surface area (Å²) in [7, 11) is 4.10. The Hall–Kier alpha value is -1.31. The molecule has 1 aliphatic heterocycles. The Bertz CT molecular complexity index is 544. The van der Waals surface area contributed by atoms with Crippen LogP contribution in [-0.4, -0.2) is 66.9 Å². The van der Waals surface area contributed by atoms with Crippen LogP contribution < -0.4 is 0 Å². The largest absolute Gasteiger partial charge is 0.461 e. The molecule has 0 spiro atoms. The number of hydrogen-bond acceptors (Lipinski definition) is 7. The second-order valence-corrected chi connectivity index (χ2v) is 6.30. The number of thiazole rings is 1. The number of hydrogen-bond donors (Lipinski definition) is 0. The third-order valence-electron chi connectivity index (χ3n) is 3.57. The summed E-state index contributed by atoms with van der Waals surface area (Å²) in [4.78, 5) is 33.0. The standard InChI is InChI=1S/C14H21N3O3S/c1-5-20-14(19)11-12(9(2)18)21-13(15-11)10-8-16(3)6-7-17(10)4/h10H,5-8H2,1-4H3. The van der Waals surface area contributed by atoms with Crippen molar-refractivity contribution >= 4 is 23.1 Å². The van der Waals surface area contributed by atoms with E-state index in [2.05, 4.69) is 21.8 Å². The van der Waals surface area contributed by atoms with Gasteiger partial charge in [-0.2, -0.15) is 0 Å². The molecule has 1 saturated heterocycles. The van der Waals surface area contributed by atoms with Crippen LogP contribution >= 0.6 is 11.3 Å². The number of nitrogens with zero attached hydrogens (tertiary/aromatic N) is 3. The van der Waals surface area contributed by atoms with Gasteiger partial charge in [0.25, 0.3) is 0 Å². The maximum absolute atomic E-state index is 12.0. The van der Waals surface area contributed by atoms with Crippen LogP contribution in [0.2, 0.25) is 0 Å². The van der Waals surface area contributed by atoms with E-state index in [0.717, 1.165) is 24.6 Å². The van der Waals surface area contributed by atoms with Gasteiger partial charge in [0.05, 0.1) is 12.6 Å². The molecule has 0 saturated carbocycles. The van der Waals surface area contributed by atoms with E-state index in [4.69, 9.17) is 4.74 Å². The predicted octanol–water partition coefficient (Wildman–Crippen LogP) is 1.44. The van der Waals surface area contributed by atoms with E-state index in [-0.39, 0.29) is 24.1 Å². The molecule has 0 amide bonds. The molecule has 1 unspecified atom stereocenters. The van der Waals surface area contributed by atoms with E-state index in [0.29, 0.717) is 4.88 Å². The molecule has 21 heavy (non-hydrogen) atoms. The number of carbonyl (C=O) groups is 2. The minimum Gasteiger partial charge on any atom is -0.461 e. The first-order valence-electron chi connectivity index (χ1n) is 7.01. The van der Waals surface area contributed by atoms with E-state index in [1.807, 2.05) is 7.05 Å². The van der Waals surface area contributed by atoms with E-state index in [1.54, 1.807) is 6.92 Å². The zero-order valence-electron chi connectivity index (χ0n) is 12.9. The molecule has 1 aliphatic rings. The average Bonchev–Trinajstić information content (AvgIpc) is 2.87. The van der Waals surface area contributed by atoms with Crippen molar-refractivity contribution in [3.8, 4) is 0 Å². The van der Waals surface area contributed by atoms with Crippen molar-refractivity contribution in [1.82, 2.24) is 14.8 Å². The molecule has 0 bridgehead atoms. The number of ketones is 1. The zero-order chi connectivity index (χ0) is 15.6. The van der Waals surface area contributed by atoms with Gasteiger partial charge in [0.15, 0.2) is 11.5 Å². The zero-order valence-corrected chi connectivity index (χ0v) is 13.7. The molecule has 116 valence electrons. The Morgan fingerprint density at radius 1 is 1.38 bits per heavy atom. The SMILES string of the molecule is CCOC(=O)c1nc(C2CN(C)CCN2C)sc1C(C)=O. The van der Waals surface area contributed by atoms with E-state index in [1.165, 1.54) is 18.3 Å². The average molecular weight is 311 g/mol. The summed E-state index contributed by atoms with van der Waals surface area (Å²) in [6.45, 7) is 6.24. The van der Waals surface area contributed by atoms with Gasteiger partial charge in [-0.3, -0.25) is 9.69 Å². The molecule has 1 aromatic rings. The van der Waals surface area contributed by atoms with Crippen molar-refractivity contribution in [2.75, 3.05) is 40.3 Å². The third kappa shape index (κ3) is 3.48. The number of carbonyl (C=O) groups excluding carboxylic acids is 2. The molecule has 0 radical (unpaired) electrons. The summed E-state index contributed by atoms with van der Waals surface area (Å²) in [5.74, 6) is -0.661. The number of Topliss-reactive ketones (excluding diaryl/α,β-unsaturated/α-hetero) is 1. The fourth-order valence-electron chi connectivity index (χ4n) is 2.33. The first-order valence-corrected chi connectivity index (χ1v) is 7.83. The maximum Gasteiger partial charge on any atom is 0.358 e. The Kier molecular flexibility index (Phi) is 5.08. The molecule has 0 aromatic carbocycles. The number of rotatable bonds is 4. The number of esters is 1. The summed E-state index contributed by atoms with van der Waals surface area (Å²) < 4.78 is 5.00. The van der Waals surface area contributed by atoms with Crippen molar-refractivity contribution < 1.29 is 14.3 Å². The Labute approximate surface area is 128 Å². The van der Waals surface area contributed by atoms with E-state index >= 15 is 0 Å². The third-order valence-corrected chi connectivity index (χ3v) is 4.83. The molecule has 2 rings (SSSR count). The first-order chi connectivity index (χ1) is 9.93. The van der Waals surface area contributed by atoms with Gasteiger partial charge in [-0.1, -0.05) is 0 Å². The van der Waals surface area contributed by atoms with E-state index < -0.39 is 5.97 Å². The lowest BCUT2D eigenvalue weighted by Crippen LogP contribution is -2.44. The van der Waals surface area contributed by atoms with Crippen LogP contribution in [0.15, 0.2) is 0 Å². The molecule has 7 heteroatoms. The highest BCUT2D eigenvalue weighted by atomic mass is 32.1. The highest BCUT2D eigenvalue weighted by Gasteiger charge is 2.30. The Morgan fingerprint density at radius 2 is 2.10 bits per heavy atom. The van der Waals surface area contributed by atoms with Crippen LogP contribution in [0.1, 0.15) is 45.1 Å². The van der Waals surface area contributed by atoms with Crippen LogP contribution in [0.25, 0.3) is 0 Å². The second kappa shape index (κ2) is 6.64. The Balaban J connectivity index is 2.34. The van der Waals surface area contributed by atoms with Gasteiger partial charge in [-0.05, 0) is 21.0 Å². The minimum atomic E-state index is -0.517. The number of piperazine rings is 1. The molecular formula is C14H21N3O3S. The lowest BCUT2D eigenvalue weighted by atomic mass is 10.2. The van der Waals surface area contributed by atoms with Gasteiger partial charge >= 0.3 is 5.97 Å². The van der Waals surface area contributed by atoms with Crippen molar-refractivity contribution in [1.29, 1.82) is 0 Å². The fraction of sp³-hybridized carbons (Fsp3) is 0.643. The maximum atomic E-state index is 12.0. The highest BCUT2D eigenvalue weighted by Crippen LogP contribution is 2.30. The summed E-state index contributed by atoms with van der Waals surface area (Å²) >= 11 is 1.30. The summed E-state index contributed by atoms with van der Waals surface area (Å²) in [6, 6.07) is 0.107. The van der Waals surface area contributed by atoms with Crippen LogP contribution in [0.3, 0.4) is 0 Å². The van der Waals surface area contributed by atoms with Gasteiger partial charge in [-0.15, -0.1) is 11.3 Å². The molecule has 1 aromatic heterocycles. The van der Waals surface area contributed by atoms with Crippen LogP contribution in [-0.2, 0) is 4.74 Å². The quantitative estimate of drug-likeness (QED) is 0.619.